The Morgan fingerprint density at radius 1 is 1.00 bits per heavy atom. The number of phenolic OH excluding ortho intramolecular Hbond substituents is 1. The fourth-order valence-electron chi connectivity index (χ4n) is 3.11. The number of nitrogens with one attached hydrogen (secondary N) is 1. The van der Waals surface area contributed by atoms with Crippen LogP contribution in [0.3, 0.4) is 0 Å². The zero-order valence-electron chi connectivity index (χ0n) is 13.3. The summed E-state index contributed by atoms with van der Waals surface area (Å²) in [5.74, 6) is 0.758. The van der Waals surface area contributed by atoms with Gasteiger partial charge in [-0.2, -0.15) is 0 Å². The molecule has 4 nitrogen and oxygen atoms in total. The van der Waals surface area contributed by atoms with Crippen molar-refractivity contribution in [1.29, 1.82) is 0 Å². The fourth-order valence-corrected chi connectivity index (χ4v) is 3.11. The SMILES string of the molecule is OCC1CCN(c2ccccc2NCc2ccccc2O)CC1. The molecule has 1 heterocycles. The van der Waals surface area contributed by atoms with Gasteiger partial charge in [0.25, 0.3) is 0 Å². The number of piperidine rings is 1. The van der Waals surface area contributed by atoms with Gasteiger partial charge in [0.15, 0.2) is 0 Å². The molecule has 3 rings (SSSR count). The minimum atomic E-state index is 0.293. The highest BCUT2D eigenvalue weighted by Gasteiger charge is 2.20. The molecule has 4 heteroatoms. The quantitative estimate of drug-likeness (QED) is 0.793. The molecule has 23 heavy (non-hydrogen) atoms. The molecule has 1 fully saturated rings. The Labute approximate surface area is 137 Å². The van der Waals surface area contributed by atoms with E-state index in [1.165, 1.54) is 5.69 Å². The van der Waals surface area contributed by atoms with Crippen molar-refractivity contribution in [3.8, 4) is 5.75 Å². The van der Waals surface area contributed by atoms with Crippen LogP contribution in [0.2, 0.25) is 0 Å². The van der Waals surface area contributed by atoms with E-state index in [4.69, 9.17) is 0 Å². The Kier molecular flexibility index (Phi) is 5.03. The van der Waals surface area contributed by atoms with Crippen LogP contribution in [0.5, 0.6) is 5.75 Å². The summed E-state index contributed by atoms with van der Waals surface area (Å²) in [7, 11) is 0. The summed E-state index contributed by atoms with van der Waals surface area (Å²) in [4.78, 5) is 2.37. The predicted octanol–water partition coefficient (Wildman–Crippen LogP) is 3.21. The number of aliphatic hydroxyl groups excluding tert-OH is 1. The summed E-state index contributed by atoms with van der Waals surface area (Å²) in [6, 6.07) is 15.7. The molecule has 1 aliphatic rings. The fraction of sp³-hybridized carbons (Fsp3) is 0.368. The van der Waals surface area contributed by atoms with E-state index in [0.29, 0.717) is 24.8 Å². The maximum atomic E-state index is 9.89. The van der Waals surface area contributed by atoms with Crippen molar-refractivity contribution in [2.24, 2.45) is 5.92 Å². The van der Waals surface area contributed by atoms with Gasteiger partial charge in [-0.3, -0.25) is 0 Å². The van der Waals surface area contributed by atoms with Gasteiger partial charge in [-0.1, -0.05) is 30.3 Å². The first-order valence-corrected chi connectivity index (χ1v) is 8.23. The van der Waals surface area contributed by atoms with E-state index in [-0.39, 0.29) is 0 Å². The molecule has 0 unspecified atom stereocenters. The van der Waals surface area contributed by atoms with Crippen molar-refractivity contribution in [2.75, 3.05) is 29.9 Å². The predicted molar refractivity (Wildman–Crippen MR) is 93.9 cm³/mol. The summed E-state index contributed by atoms with van der Waals surface area (Å²) in [6.45, 7) is 2.83. The molecule has 0 atom stereocenters. The van der Waals surface area contributed by atoms with Gasteiger partial charge < -0.3 is 20.4 Å². The van der Waals surface area contributed by atoms with Gasteiger partial charge in [0.1, 0.15) is 5.75 Å². The molecule has 3 N–H and O–H groups in total. The molecule has 0 aliphatic carbocycles. The van der Waals surface area contributed by atoms with Crippen LogP contribution in [0.1, 0.15) is 18.4 Å². The molecule has 1 aliphatic heterocycles. The minimum Gasteiger partial charge on any atom is -0.508 e. The number of para-hydroxylation sites is 3. The van der Waals surface area contributed by atoms with Crippen molar-refractivity contribution >= 4 is 11.4 Å². The van der Waals surface area contributed by atoms with Crippen molar-refractivity contribution in [2.45, 2.75) is 19.4 Å². The summed E-state index contributed by atoms with van der Waals surface area (Å²) in [5.41, 5.74) is 3.17. The van der Waals surface area contributed by atoms with Crippen molar-refractivity contribution in [1.82, 2.24) is 0 Å². The second-order valence-electron chi connectivity index (χ2n) is 6.11. The third kappa shape index (κ3) is 3.77. The van der Waals surface area contributed by atoms with Crippen LogP contribution in [0.25, 0.3) is 0 Å². The first-order chi connectivity index (χ1) is 11.3. The normalized spacial score (nSPS) is 15.6. The first kappa shape index (κ1) is 15.7. The number of hydrogen-bond acceptors (Lipinski definition) is 4. The van der Waals surface area contributed by atoms with Crippen LogP contribution in [-0.4, -0.2) is 29.9 Å². The lowest BCUT2D eigenvalue weighted by Crippen LogP contribution is -2.35. The molecule has 0 saturated carbocycles. The lowest BCUT2D eigenvalue weighted by Gasteiger charge is -2.34. The van der Waals surface area contributed by atoms with Crippen LogP contribution >= 0.6 is 0 Å². The third-order valence-corrected chi connectivity index (χ3v) is 4.58. The van der Waals surface area contributed by atoms with Gasteiger partial charge >= 0.3 is 0 Å². The van der Waals surface area contributed by atoms with E-state index in [1.54, 1.807) is 6.07 Å². The Hall–Kier alpha value is -2.20. The molecular formula is C19H24N2O2. The summed E-state index contributed by atoms with van der Waals surface area (Å²) >= 11 is 0. The molecule has 0 amide bonds. The van der Waals surface area contributed by atoms with Crippen LogP contribution in [0.4, 0.5) is 11.4 Å². The molecule has 2 aromatic carbocycles. The second-order valence-corrected chi connectivity index (χ2v) is 6.11. The highest BCUT2D eigenvalue weighted by atomic mass is 16.3. The van der Waals surface area contributed by atoms with E-state index in [0.717, 1.165) is 37.2 Å². The number of aromatic hydroxyl groups is 1. The monoisotopic (exact) mass is 312 g/mol. The summed E-state index contributed by atoms with van der Waals surface area (Å²) in [5, 5.41) is 22.6. The summed E-state index contributed by atoms with van der Waals surface area (Å²) < 4.78 is 0. The largest absolute Gasteiger partial charge is 0.508 e. The molecule has 1 saturated heterocycles. The van der Waals surface area contributed by atoms with Gasteiger partial charge in [-0.15, -0.1) is 0 Å². The molecule has 2 aromatic rings. The maximum absolute atomic E-state index is 9.89. The summed E-state index contributed by atoms with van der Waals surface area (Å²) in [6.07, 6.45) is 2.06. The lowest BCUT2D eigenvalue weighted by molar-refractivity contribution is 0.203. The van der Waals surface area contributed by atoms with Gasteiger partial charge in [0.05, 0.1) is 11.4 Å². The van der Waals surface area contributed by atoms with Gasteiger partial charge in [0, 0.05) is 31.8 Å². The van der Waals surface area contributed by atoms with Gasteiger partial charge in [-0.25, -0.2) is 0 Å². The van der Waals surface area contributed by atoms with E-state index in [2.05, 4.69) is 28.4 Å². The number of phenols is 1. The van der Waals surface area contributed by atoms with Crippen LogP contribution in [-0.2, 0) is 6.54 Å². The number of anilines is 2. The van der Waals surface area contributed by atoms with E-state index >= 15 is 0 Å². The maximum Gasteiger partial charge on any atom is 0.120 e. The number of aliphatic hydroxyl groups is 1. The number of benzene rings is 2. The standard InChI is InChI=1S/C19H24N2O2/c22-14-15-9-11-21(12-10-15)18-7-3-2-6-17(18)20-13-16-5-1-4-8-19(16)23/h1-8,15,20,22-23H,9-14H2. The Balaban J connectivity index is 1.70. The molecule has 0 bridgehead atoms. The van der Waals surface area contributed by atoms with Gasteiger partial charge in [-0.05, 0) is 37.0 Å². The van der Waals surface area contributed by atoms with E-state index < -0.39 is 0 Å². The number of hydrogen-bond donors (Lipinski definition) is 3. The van der Waals surface area contributed by atoms with Crippen molar-refractivity contribution in [3.63, 3.8) is 0 Å². The van der Waals surface area contributed by atoms with Crippen LogP contribution < -0.4 is 10.2 Å². The molecule has 122 valence electrons. The van der Waals surface area contributed by atoms with Crippen molar-refractivity contribution in [3.05, 3.63) is 54.1 Å². The number of rotatable bonds is 5. The first-order valence-electron chi connectivity index (χ1n) is 8.23. The highest BCUT2D eigenvalue weighted by Crippen LogP contribution is 2.30. The van der Waals surface area contributed by atoms with Gasteiger partial charge in [0.2, 0.25) is 0 Å². The molecule has 0 radical (unpaired) electrons. The Morgan fingerprint density at radius 3 is 2.43 bits per heavy atom. The Bertz CT molecular complexity index is 637. The molecule has 0 spiro atoms. The van der Waals surface area contributed by atoms with Crippen LogP contribution in [0, 0.1) is 5.92 Å². The van der Waals surface area contributed by atoms with E-state index in [9.17, 15) is 10.2 Å². The van der Waals surface area contributed by atoms with Crippen LogP contribution in [0.15, 0.2) is 48.5 Å². The average Bonchev–Trinajstić information content (AvgIpc) is 2.61. The zero-order chi connectivity index (χ0) is 16.1. The zero-order valence-corrected chi connectivity index (χ0v) is 13.3. The minimum absolute atomic E-state index is 0.293. The highest BCUT2D eigenvalue weighted by molar-refractivity contribution is 5.70. The topological polar surface area (TPSA) is 55.7 Å². The second kappa shape index (κ2) is 7.38. The lowest BCUT2D eigenvalue weighted by atomic mass is 9.97. The van der Waals surface area contributed by atoms with Crippen molar-refractivity contribution < 1.29 is 10.2 Å². The third-order valence-electron chi connectivity index (χ3n) is 4.58. The molecular weight excluding hydrogens is 288 g/mol. The smallest absolute Gasteiger partial charge is 0.120 e. The van der Waals surface area contributed by atoms with E-state index in [1.807, 2.05) is 24.3 Å². The Morgan fingerprint density at radius 2 is 1.70 bits per heavy atom. The number of nitrogens with zero attached hydrogens (tertiary/aromatic N) is 1. The molecule has 0 aromatic heterocycles. The average molecular weight is 312 g/mol.